The molecule has 0 atom stereocenters. The average Bonchev–Trinajstić information content (AvgIpc) is 2.68. The second-order valence-electron chi connectivity index (χ2n) is 4.50. The minimum atomic E-state index is -0.935. The number of fused-ring (bicyclic) bond motifs is 1. The van der Waals surface area contributed by atoms with Crippen LogP contribution in [0, 0.1) is 5.92 Å². The van der Waals surface area contributed by atoms with Gasteiger partial charge in [0.2, 0.25) is 0 Å². The van der Waals surface area contributed by atoms with Gasteiger partial charge in [-0.2, -0.15) is 0 Å². The highest BCUT2D eigenvalue weighted by Gasteiger charge is 2.09. The second kappa shape index (κ2) is 4.53. The van der Waals surface area contributed by atoms with Gasteiger partial charge in [-0.25, -0.2) is 4.79 Å². The molecule has 2 heterocycles. The number of aromatic carboxylic acids is 1. The van der Waals surface area contributed by atoms with Crippen LogP contribution in [-0.4, -0.2) is 25.7 Å². The maximum Gasteiger partial charge on any atom is 0.337 e. The molecule has 0 aliphatic heterocycles. The quantitative estimate of drug-likeness (QED) is 0.877. The predicted octanol–water partition coefficient (Wildman–Crippen LogP) is 2.02. The van der Waals surface area contributed by atoms with Crippen molar-refractivity contribution in [3.63, 3.8) is 0 Å². The number of carboxylic acid groups (broad SMARTS) is 1. The van der Waals surface area contributed by atoms with Gasteiger partial charge in [0.05, 0.1) is 5.56 Å². The van der Waals surface area contributed by atoms with Gasteiger partial charge in [-0.05, 0) is 24.5 Å². The van der Waals surface area contributed by atoms with Gasteiger partial charge in [-0.1, -0.05) is 13.8 Å². The molecule has 5 heteroatoms. The molecule has 0 amide bonds. The highest BCUT2D eigenvalue weighted by Crippen LogP contribution is 2.11. The van der Waals surface area contributed by atoms with E-state index in [0.717, 1.165) is 18.7 Å². The van der Waals surface area contributed by atoms with Crippen molar-refractivity contribution in [2.45, 2.75) is 26.7 Å². The zero-order valence-electron chi connectivity index (χ0n) is 9.92. The van der Waals surface area contributed by atoms with Crippen molar-refractivity contribution < 1.29 is 9.90 Å². The number of carboxylic acids is 1. The number of hydrogen-bond donors (Lipinski definition) is 1. The highest BCUT2D eigenvalue weighted by atomic mass is 16.4. The van der Waals surface area contributed by atoms with Crippen molar-refractivity contribution >= 4 is 11.6 Å². The molecule has 1 N–H and O–H groups in total. The lowest BCUT2D eigenvalue weighted by molar-refractivity contribution is 0.0696. The molecule has 90 valence electrons. The molecular weight excluding hydrogens is 218 g/mol. The first kappa shape index (κ1) is 11.6. The molecule has 17 heavy (non-hydrogen) atoms. The molecule has 2 aromatic heterocycles. The number of rotatable bonds is 4. The molecule has 0 aliphatic rings. The first-order valence-electron chi connectivity index (χ1n) is 5.65. The highest BCUT2D eigenvalue weighted by molar-refractivity contribution is 5.87. The zero-order chi connectivity index (χ0) is 12.4. The average molecular weight is 233 g/mol. The van der Waals surface area contributed by atoms with E-state index < -0.39 is 5.97 Å². The van der Waals surface area contributed by atoms with E-state index in [0.29, 0.717) is 11.6 Å². The van der Waals surface area contributed by atoms with Crippen molar-refractivity contribution in [2.24, 2.45) is 5.92 Å². The van der Waals surface area contributed by atoms with E-state index in [2.05, 4.69) is 24.0 Å². The van der Waals surface area contributed by atoms with Gasteiger partial charge in [-0.3, -0.25) is 4.40 Å². The predicted molar refractivity (Wildman–Crippen MR) is 63.1 cm³/mol. The van der Waals surface area contributed by atoms with Gasteiger partial charge in [0.15, 0.2) is 5.65 Å². The van der Waals surface area contributed by atoms with Crippen molar-refractivity contribution in [1.29, 1.82) is 0 Å². The summed E-state index contributed by atoms with van der Waals surface area (Å²) in [5.74, 6) is 0.470. The number of aryl methyl sites for hydroxylation is 1. The van der Waals surface area contributed by atoms with Gasteiger partial charge >= 0.3 is 5.97 Å². The lowest BCUT2D eigenvalue weighted by Crippen LogP contribution is -2.02. The van der Waals surface area contributed by atoms with Crippen LogP contribution in [0.5, 0.6) is 0 Å². The molecule has 0 spiro atoms. The molecule has 0 unspecified atom stereocenters. The van der Waals surface area contributed by atoms with Gasteiger partial charge in [0.25, 0.3) is 0 Å². The summed E-state index contributed by atoms with van der Waals surface area (Å²) in [4.78, 5) is 10.9. The Morgan fingerprint density at radius 3 is 2.82 bits per heavy atom. The van der Waals surface area contributed by atoms with Gasteiger partial charge in [0, 0.05) is 12.6 Å². The molecule has 0 saturated heterocycles. The molecule has 5 nitrogen and oxygen atoms in total. The third kappa shape index (κ3) is 2.43. The minimum absolute atomic E-state index is 0.253. The molecule has 0 fully saturated rings. The molecule has 0 bridgehead atoms. The van der Waals surface area contributed by atoms with Crippen LogP contribution in [0.2, 0.25) is 0 Å². The second-order valence-corrected chi connectivity index (χ2v) is 4.50. The van der Waals surface area contributed by atoms with Gasteiger partial charge in [-0.15, -0.1) is 10.2 Å². The van der Waals surface area contributed by atoms with Crippen LogP contribution in [0.25, 0.3) is 5.65 Å². The third-order valence-corrected chi connectivity index (χ3v) is 2.67. The van der Waals surface area contributed by atoms with E-state index in [1.54, 1.807) is 22.7 Å². The zero-order valence-corrected chi connectivity index (χ0v) is 9.92. The smallest absolute Gasteiger partial charge is 0.337 e. The maximum atomic E-state index is 10.9. The first-order valence-corrected chi connectivity index (χ1v) is 5.65. The summed E-state index contributed by atoms with van der Waals surface area (Å²) in [6, 6.07) is 3.22. The number of carbonyl (C=O) groups is 1. The maximum absolute atomic E-state index is 10.9. The Labute approximate surface area is 99.1 Å². The van der Waals surface area contributed by atoms with Crippen molar-refractivity contribution in [3.05, 3.63) is 29.7 Å². The molecule has 2 aromatic rings. The van der Waals surface area contributed by atoms with Crippen molar-refractivity contribution in [3.8, 4) is 0 Å². The van der Waals surface area contributed by atoms with Crippen LogP contribution in [0.4, 0.5) is 0 Å². The van der Waals surface area contributed by atoms with Crippen LogP contribution >= 0.6 is 0 Å². The normalized spacial score (nSPS) is 11.2. The van der Waals surface area contributed by atoms with E-state index in [9.17, 15) is 4.79 Å². The molecule has 0 saturated carbocycles. The molecule has 0 radical (unpaired) electrons. The number of hydrogen-bond acceptors (Lipinski definition) is 3. The largest absolute Gasteiger partial charge is 0.478 e. The van der Waals surface area contributed by atoms with Crippen LogP contribution in [0.3, 0.4) is 0 Å². The summed E-state index contributed by atoms with van der Waals surface area (Å²) in [6.07, 6.45) is 3.40. The third-order valence-electron chi connectivity index (χ3n) is 2.67. The lowest BCUT2D eigenvalue weighted by atomic mass is 10.1. The Kier molecular flexibility index (Phi) is 3.08. The van der Waals surface area contributed by atoms with Crippen LogP contribution in [0.1, 0.15) is 36.5 Å². The molecule has 0 aromatic carbocycles. The molecule has 0 aliphatic carbocycles. The topological polar surface area (TPSA) is 67.5 Å². The Morgan fingerprint density at radius 2 is 2.18 bits per heavy atom. The lowest BCUT2D eigenvalue weighted by Gasteiger charge is -2.03. The van der Waals surface area contributed by atoms with E-state index in [1.165, 1.54) is 0 Å². The van der Waals surface area contributed by atoms with Crippen LogP contribution in [-0.2, 0) is 6.42 Å². The number of nitrogens with zero attached hydrogens (tertiary/aromatic N) is 3. The Morgan fingerprint density at radius 1 is 1.41 bits per heavy atom. The molecule has 2 rings (SSSR count). The van der Waals surface area contributed by atoms with E-state index in [1.807, 2.05) is 0 Å². The van der Waals surface area contributed by atoms with Crippen LogP contribution in [0.15, 0.2) is 18.3 Å². The minimum Gasteiger partial charge on any atom is -0.478 e. The number of pyridine rings is 1. The van der Waals surface area contributed by atoms with E-state index in [4.69, 9.17) is 5.11 Å². The summed E-state index contributed by atoms with van der Waals surface area (Å²) < 4.78 is 1.76. The summed E-state index contributed by atoms with van der Waals surface area (Å²) in [5, 5.41) is 17.0. The summed E-state index contributed by atoms with van der Waals surface area (Å²) in [5.41, 5.74) is 0.942. The SMILES string of the molecule is CC(C)CCc1nnc2ccc(C(=O)O)cn12. The summed E-state index contributed by atoms with van der Waals surface area (Å²) >= 11 is 0. The van der Waals surface area contributed by atoms with Crippen LogP contribution < -0.4 is 0 Å². The standard InChI is InChI=1S/C12H15N3O2/c1-8(2)3-5-10-13-14-11-6-4-9(12(16)17)7-15(10)11/h4,6-8H,3,5H2,1-2H3,(H,16,17). The number of aromatic nitrogens is 3. The van der Waals surface area contributed by atoms with Crippen molar-refractivity contribution in [1.82, 2.24) is 14.6 Å². The first-order chi connectivity index (χ1) is 8.08. The fourth-order valence-corrected chi connectivity index (χ4v) is 1.65. The van der Waals surface area contributed by atoms with E-state index in [-0.39, 0.29) is 5.56 Å². The Hall–Kier alpha value is -1.91. The molecular formula is C12H15N3O2. The van der Waals surface area contributed by atoms with Gasteiger partial charge < -0.3 is 5.11 Å². The Bertz CT molecular complexity index is 546. The fraction of sp³-hybridized carbons (Fsp3) is 0.417. The van der Waals surface area contributed by atoms with Gasteiger partial charge in [0.1, 0.15) is 5.82 Å². The van der Waals surface area contributed by atoms with E-state index >= 15 is 0 Å². The fourth-order valence-electron chi connectivity index (χ4n) is 1.65. The monoisotopic (exact) mass is 233 g/mol. The Balaban J connectivity index is 2.36. The van der Waals surface area contributed by atoms with Crippen molar-refractivity contribution in [2.75, 3.05) is 0 Å². The summed E-state index contributed by atoms with van der Waals surface area (Å²) in [6.45, 7) is 4.29. The summed E-state index contributed by atoms with van der Waals surface area (Å²) in [7, 11) is 0.